The highest BCUT2D eigenvalue weighted by atomic mass is 16.7. The van der Waals surface area contributed by atoms with E-state index in [1.54, 1.807) is 6.07 Å². The minimum Gasteiger partial charge on any atom is -0.462 e. The maximum atomic E-state index is 11.5. The summed E-state index contributed by atoms with van der Waals surface area (Å²) >= 11 is 0. The lowest BCUT2D eigenvalue weighted by Gasteiger charge is -2.45. The van der Waals surface area contributed by atoms with E-state index < -0.39 is 11.7 Å². The molecule has 2 heterocycles. The van der Waals surface area contributed by atoms with E-state index in [2.05, 4.69) is 23.1 Å². The molecule has 2 N–H and O–H groups in total. The molecule has 1 aliphatic carbocycles. The Hall–Kier alpha value is -2.37. The van der Waals surface area contributed by atoms with Gasteiger partial charge in [-0.05, 0) is 60.2 Å². The van der Waals surface area contributed by atoms with Crippen LogP contribution in [-0.2, 0) is 11.2 Å². The number of rotatable bonds is 3. The zero-order chi connectivity index (χ0) is 19.8. The van der Waals surface area contributed by atoms with Crippen molar-refractivity contribution >= 4 is 5.91 Å². The van der Waals surface area contributed by atoms with Gasteiger partial charge in [-0.2, -0.15) is 0 Å². The van der Waals surface area contributed by atoms with Crippen molar-refractivity contribution in [3.8, 4) is 16.9 Å². The van der Waals surface area contributed by atoms with Gasteiger partial charge < -0.3 is 15.2 Å². The summed E-state index contributed by atoms with van der Waals surface area (Å²) < 4.78 is 12.8. The van der Waals surface area contributed by atoms with Crippen LogP contribution in [0.1, 0.15) is 48.0 Å². The molecule has 0 unspecified atom stereocenters. The van der Waals surface area contributed by atoms with E-state index in [9.17, 15) is 4.79 Å². The summed E-state index contributed by atoms with van der Waals surface area (Å²) in [5, 5.41) is 0. The van der Waals surface area contributed by atoms with E-state index in [0.717, 1.165) is 60.8 Å². The highest BCUT2D eigenvalue weighted by Crippen LogP contribution is 2.38. The smallest absolute Gasteiger partial charge is 0.248 e. The molecule has 29 heavy (non-hydrogen) atoms. The van der Waals surface area contributed by atoms with Crippen LogP contribution in [0.2, 0.25) is 0 Å². The second kappa shape index (κ2) is 7.47. The molecule has 3 aliphatic rings. The fourth-order valence-corrected chi connectivity index (χ4v) is 4.71. The van der Waals surface area contributed by atoms with E-state index in [0.29, 0.717) is 12.2 Å². The van der Waals surface area contributed by atoms with Gasteiger partial charge in [0.2, 0.25) is 11.7 Å². The molecule has 1 amide bonds. The molecule has 1 saturated carbocycles. The number of amides is 1. The predicted octanol–water partition coefficient (Wildman–Crippen LogP) is 3.75. The molecule has 2 aromatic carbocycles. The zero-order valence-electron chi connectivity index (χ0n) is 16.7. The highest BCUT2D eigenvalue weighted by molar-refractivity contribution is 5.94. The van der Waals surface area contributed by atoms with Crippen LogP contribution in [0.5, 0.6) is 5.75 Å². The summed E-state index contributed by atoms with van der Waals surface area (Å²) in [6, 6.07) is 14.5. The second-order valence-electron chi connectivity index (χ2n) is 8.50. The first kappa shape index (κ1) is 18.6. The first-order chi connectivity index (χ1) is 14.1. The number of ether oxygens (including phenoxy) is 2. The van der Waals surface area contributed by atoms with Crippen molar-refractivity contribution in [2.75, 3.05) is 19.7 Å². The summed E-state index contributed by atoms with van der Waals surface area (Å²) in [6.07, 6.45) is 6.73. The Kier molecular flexibility index (Phi) is 4.80. The minimum atomic E-state index is -0.487. The predicted molar refractivity (Wildman–Crippen MR) is 112 cm³/mol. The monoisotopic (exact) mass is 392 g/mol. The third kappa shape index (κ3) is 3.65. The molecule has 0 bridgehead atoms. The van der Waals surface area contributed by atoms with Crippen LogP contribution in [0.15, 0.2) is 42.5 Å². The van der Waals surface area contributed by atoms with Crippen LogP contribution >= 0.6 is 0 Å². The van der Waals surface area contributed by atoms with Crippen molar-refractivity contribution in [3.05, 3.63) is 53.6 Å². The Morgan fingerprint density at radius 2 is 1.86 bits per heavy atom. The van der Waals surface area contributed by atoms with Crippen LogP contribution in [0.25, 0.3) is 11.1 Å². The van der Waals surface area contributed by atoms with Crippen LogP contribution in [0.3, 0.4) is 0 Å². The van der Waals surface area contributed by atoms with E-state index >= 15 is 0 Å². The molecule has 2 aliphatic heterocycles. The van der Waals surface area contributed by atoms with Crippen LogP contribution in [0.4, 0.5) is 0 Å². The molecule has 5 nitrogen and oxygen atoms in total. The molecule has 5 heteroatoms. The van der Waals surface area contributed by atoms with Gasteiger partial charge in [0.15, 0.2) is 0 Å². The maximum absolute atomic E-state index is 11.5. The zero-order valence-corrected chi connectivity index (χ0v) is 16.7. The van der Waals surface area contributed by atoms with Gasteiger partial charge in [-0.3, -0.25) is 9.69 Å². The number of carbonyl (C=O) groups is 1. The second-order valence-corrected chi connectivity index (χ2v) is 8.50. The van der Waals surface area contributed by atoms with E-state index in [-0.39, 0.29) is 0 Å². The topological polar surface area (TPSA) is 64.8 Å². The van der Waals surface area contributed by atoms with E-state index in [1.807, 2.05) is 18.2 Å². The third-order valence-electron chi connectivity index (χ3n) is 6.72. The fraction of sp³-hybridized carbons (Fsp3) is 0.458. The summed E-state index contributed by atoms with van der Waals surface area (Å²) in [6.45, 7) is 2.77. The van der Waals surface area contributed by atoms with Gasteiger partial charge in [0.1, 0.15) is 5.75 Å². The molecule has 0 aromatic heterocycles. The first-order valence-electron chi connectivity index (χ1n) is 10.7. The first-order valence-corrected chi connectivity index (χ1v) is 10.7. The summed E-state index contributed by atoms with van der Waals surface area (Å²) in [4.78, 5) is 14.1. The Balaban J connectivity index is 1.35. The van der Waals surface area contributed by atoms with Gasteiger partial charge in [-0.15, -0.1) is 0 Å². The molecule has 1 spiro atoms. The van der Waals surface area contributed by atoms with Gasteiger partial charge in [0.25, 0.3) is 0 Å². The number of benzene rings is 2. The van der Waals surface area contributed by atoms with Crippen molar-refractivity contribution in [1.29, 1.82) is 0 Å². The number of likely N-dealkylation sites (tertiary alicyclic amines) is 1. The number of hydrogen-bond acceptors (Lipinski definition) is 4. The van der Waals surface area contributed by atoms with Gasteiger partial charge in [0.05, 0.1) is 6.61 Å². The Bertz CT molecular complexity index is 914. The number of primary amides is 1. The summed E-state index contributed by atoms with van der Waals surface area (Å²) in [7, 11) is 0. The van der Waals surface area contributed by atoms with Crippen LogP contribution < -0.4 is 10.5 Å². The third-order valence-corrected chi connectivity index (χ3v) is 6.72. The number of nitrogens with zero attached hydrogens (tertiary/aromatic N) is 1. The fourth-order valence-electron chi connectivity index (χ4n) is 4.71. The molecular formula is C24H28N2O3. The lowest BCUT2D eigenvalue weighted by molar-refractivity contribution is -0.206. The Morgan fingerprint density at radius 1 is 1.07 bits per heavy atom. The SMILES string of the molecule is NC(=O)c1cccc(-c2ccc3c(c2)CCOC2(CCN(C4CCC4)CC2)O3)c1. The Labute approximate surface area is 171 Å². The van der Waals surface area contributed by atoms with Crippen molar-refractivity contribution < 1.29 is 14.3 Å². The lowest BCUT2D eigenvalue weighted by atomic mass is 9.89. The Morgan fingerprint density at radius 3 is 2.59 bits per heavy atom. The number of fused-ring (bicyclic) bond motifs is 1. The number of nitrogens with two attached hydrogens (primary N) is 1. The summed E-state index contributed by atoms with van der Waals surface area (Å²) in [5.74, 6) is 0.0294. The van der Waals surface area contributed by atoms with Crippen LogP contribution in [0, 0.1) is 0 Å². The average Bonchev–Trinajstić information content (AvgIpc) is 2.87. The lowest BCUT2D eigenvalue weighted by Crippen LogP contribution is -2.53. The van der Waals surface area contributed by atoms with Gasteiger partial charge in [-0.25, -0.2) is 0 Å². The van der Waals surface area contributed by atoms with Crippen molar-refractivity contribution in [2.24, 2.45) is 5.73 Å². The van der Waals surface area contributed by atoms with Crippen LogP contribution in [-0.4, -0.2) is 42.3 Å². The molecule has 2 fully saturated rings. The quantitative estimate of drug-likeness (QED) is 0.864. The maximum Gasteiger partial charge on any atom is 0.248 e. The van der Waals surface area contributed by atoms with Crippen molar-refractivity contribution in [1.82, 2.24) is 4.90 Å². The van der Waals surface area contributed by atoms with E-state index in [4.69, 9.17) is 15.2 Å². The molecule has 152 valence electrons. The normalized spacial score (nSPS) is 21.7. The standard InChI is InChI=1S/C24H28N2O3/c25-23(27)20-4-1-3-17(16-20)18-7-8-22-19(15-18)9-14-28-24(29-22)10-12-26(13-11-24)21-5-2-6-21/h1,3-4,7-8,15-16,21H,2,5-6,9-14H2,(H2,25,27). The summed E-state index contributed by atoms with van der Waals surface area (Å²) in [5.41, 5.74) is 9.16. The van der Waals surface area contributed by atoms with Gasteiger partial charge in [-0.1, -0.05) is 24.6 Å². The number of carbonyl (C=O) groups excluding carboxylic acids is 1. The number of piperidine rings is 1. The number of hydrogen-bond donors (Lipinski definition) is 1. The van der Waals surface area contributed by atoms with E-state index in [1.165, 1.54) is 19.3 Å². The molecule has 0 atom stereocenters. The van der Waals surface area contributed by atoms with Gasteiger partial charge in [0, 0.05) is 37.5 Å². The largest absolute Gasteiger partial charge is 0.462 e. The minimum absolute atomic E-state index is 0.409. The highest BCUT2D eigenvalue weighted by Gasteiger charge is 2.41. The molecule has 1 saturated heterocycles. The molecule has 0 radical (unpaired) electrons. The molecule has 2 aromatic rings. The van der Waals surface area contributed by atoms with Crippen molar-refractivity contribution in [3.63, 3.8) is 0 Å². The average molecular weight is 392 g/mol. The van der Waals surface area contributed by atoms with Gasteiger partial charge >= 0.3 is 0 Å². The molecule has 5 rings (SSSR count). The van der Waals surface area contributed by atoms with Crippen molar-refractivity contribution in [2.45, 2.75) is 50.4 Å². The molecular weight excluding hydrogens is 364 g/mol.